The van der Waals surface area contributed by atoms with Crippen molar-refractivity contribution in [3.8, 4) is 11.1 Å². The van der Waals surface area contributed by atoms with Crippen molar-refractivity contribution in [3.05, 3.63) is 59.9 Å². The number of halogens is 2. The van der Waals surface area contributed by atoms with Crippen molar-refractivity contribution in [1.29, 1.82) is 0 Å². The van der Waals surface area contributed by atoms with Crippen LogP contribution in [0.4, 0.5) is 20.2 Å². The molecule has 2 heterocycles. The second-order valence-electron chi connectivity index (χ2n) is 7.41. The number of para-hydroxylation sites is 1. The van der Waals surface area contributed by atoms with E-state index in [-0.39, 0.29) is 4.90 Å². The van der Waals surface area contributed by atoms with E-state index in [4.69, 9.17) is 0 Å². The van der Waals surface area contributed by atoms with Crippen molar-refractivity contribution in [2.75, 3.05) is 29.3 Å². The van der Waals surface area contributed by atoms with Gasteiger partial charge in [0.05, 0.1) is 29.0 Å². The number of hydrogen-bond donors (Lipinski definition) is 0. The van der Waals surface area contributed by atoms with E-state index in [1.54, 1.807) is 19.1 Å². The predicted molar refractivity (Wildman–Crippen MR) is 113 cm³/mol. The summed E-state index contributed by atoms with van der Waals surface area (Å²) in [5, 5.41) is 3.64. The Balaban J connectivity index is 1.75. The Hall–Kier alpha value is -2.94. The van der Waals surface area contributed by atoms with Crippen molar-refractivity contribution in [2.45, 2.75) is 25.3 Å². The third-order valence-corrected chi connectivity index (χ3v) is 7.35. The second-order valence-corrected chi connectivity index (χ2v) is 9.24. The SMILES string of the molecule is Cc1cc(-c2cnn(C(F)F)c2)ccc1S(=O)(=O)N1CCN(C)c2cccc(C)c21. The summed E-state index contributed by atoms with van der Waals surface area (Å²) in [6.07, 6.45) is 2.59. The number of rotatable bonds is 4. The summed E-state index contributed by atoms with van der Waals surface area (Å²) in [5.41, 5.74) is 4.13. The van der Waals surface area contributed by atoms with Crippen LogP contribution in [0.5, 0.6) is 0 Å². The molecule has 6 nitrogen and oxygen atoms in total. The molecule has 0 saturated heterocycles. The highest BCUT2D eigenvalue weighted by atomic mass is 32.2. The van der Waals surface area contributed by atoms with Gasteiger partial charge >= 0.3 is 6.55 Å². The smallest absolute Gasteiger partial charge is 0.333 e. The molecule has 1 aliphatic rings. The molecule has 1 aromatic heterocycles. The summed E-state index contributed by atoms with van der Waals surface area (Å²) in [6.45, 7) is 1.82. The van der Waals surface area contributed by atoms with Crippen molar-refractivity contribution in [3.63, 3.8) is 0 Å². The summed E-state index contributed by atoms with van der Waals surface area (Å²) in [6, 6.07) is 10.6. The first-order valence-electron chi connectivity index (χ1n) is 9.47. The highest BCUT2D eigenvalue weighted by molar-refractivity contribution is 7.93. The molecule has 0 radical (unpaired) electrons. The quantitative estimate of drug-likeness (QED) is 0.620. The Morgan fingerprint density at radius 1 is 1.03 bits per heavy atom. The van der Waals surface area contributed by atoms with Crippen LogP contribution in [0.15, 0.2) is 53.7 Å². The highest BCUT2D eigenvalue weighted by Gasteiger charge is 2.33. The zero-order valence-electron chi connectivity index (χ0n) is 16.9. The van der Waals surface area contributed by atoms with E-state index in [1.807, 2.05) is 37.1 Å². The van der Waals surface area contributed by atoms with Crippen LogP contribution in [0, 0.1) is 13.8 Å². The number of anilines is 2. The van der Waals surface area contributed by atoms with Gasteiger partial charge in [0.1, 0.15) is 0 Å². The molecule has 30 heavy (non-hydrogen) atoms. The molecule has 0 unspecified atom stereocenters. The molecule has 4 rings (SSSR count). The van der Waals surface area contributed by atoms with Crippen LogP contribution in [0.3, 0.4) is 0 Å². The number of nitrogens with zero attached hydrogens (tertiary/aromatic N) is 4. The lowest BCUT2D eigenvalue weighted by Crippen LogP contribution is -2.43. The van der Waals surface area contributed by atoms with Gasteiger partial charge in [-0.15, -0.1) is 0 Å². The summed E-state index contributed by atoms with van der Waals surface area (Å²) in [7, 11) is -1.85. The maximum Gasteiger partial charge on any atom is 0.333 e. The Kier molecular flexibility index (Phi) is 5.01. The van der Waals surface area contributed by atoms with Crippen LogP contribution in [0.25, 0.3) is 11.1 Å². The number of fused-ring (bicyclic) bond motifs is 1. The topological polar surface area (TPSA) is 58.4 Å². The normalized spacial score (nSPS) is 14.3. The van der Waals surface area contributed by atoms with Crippen molar-refractivity contribution >= 4 is 21.4 Å². The van der Waals surface area contributed by atoms with Gasteiger partial charge in [0, 0.05) is 25.4 Å². The van der Waals surface area contributed by atoms with E-state index in [1.165, 1.54) is 22.8 Å². The van der Waals surface area contributed by atoms with E-state index in [2.05, 4.69) is 5.10 Å². The third-order valence-electron chi connectivity index (χ3n) is 5.39. The molecule has 0 amide bonds. The van der Waals surface area contributed by atoms with Gasteiger partial charge in [-0.3, -0.25) is 4.31 Å². The maximum atomic E-state index is 13.6. The Morgan fingerprint density at radius 3 is 2.47 bits per heavy atom. The minimum atomic E-state index is -3.79. The van der Waals surface area contributed by atoms with Gasteiger partial charge in [-0.1, -0.05) is 18.2 Å². The van der Waals surface area contributed by atoms with E-state index in [0.29, 0.717) is 40.1 Å². The van der Waals surface area contributed by atoms with Crippen LogP contribution in [-0.2, 0) is 10.0 Å². The maximum absolute atomic E-state index is 13.6. The predicted octanol–water partition coefficient (Wildman–Crippen LogP) is 4.21. The van der Waals surface area contributed by atoms with E-state index >= 15 is 0 Å². The molecular formula is C21H22F2N4O2S. The Labute approximate surface area is 174 Å². The van der Waals surface area contributed by atoms with Gasteiger partial charge in [-0.25, -0.2) is 13.1 Å². The monoisotopic (exact) mass is 432 g/mol. The van der Waals surface area contributed by atoms with Crippen LogP contribution < -0.4 is 9.21 Å². The molecule has 0 spiro atoms. The van der Waals surface area contributed by atoms with Gasteiger partial charge in [0.2, 0.25) is 0 Å². The molecule has 1 aliphatic heterocycles. The van der Waals surface area contributed by atoms with Crippen molar-refractivity contribution in [1.82, 2.24) is 9.78 Å². The van der Waals surface area contributed by atoms with Gasteiger partial charge < -0.3 is 4.90 Å². The van der Waals surface area contributed by atoms with Gasteiger partial charge in [-0.2, -0.15) is 13.9 Å². The zero-order chi connectivity index (χ0) is 21.6. The average Bonchev–Trinajstić information content (AvgIpc) is 3.19. The number of aryl methyl sites for hydroxylation is 2. The molecule has 0 N–H and O–H groups in total. The third kappa shape index (κ3) is 3.32. The number of aromatic nitrogens is 2. The molecule has 9 heteroatoms. The average molecular weight is 432 g/mol. The molecule has 0 fully saturated rings. The summed E-state index contributed by atoms with van der Waals surface area (Å²) < 4.78 is 54.8. The fraction of sp³-hybridized carbons (Fsp3) is 0.286. The number of likely N-dealkylation sites (N-methyl/N-ethyl adjacent to an activating group) is 1. The lowest BCUT2D eigenvalue weighted by molar-refractivity contribution is 0.0566. The molecule has 0 bridgehead atoms. The minimum absolute atomic E-state index is 0.200. The standard InChI is InChI=1S/C21H22F2N4O2S/c1-14-5-4-6-18-20(14)27(10-9-25(18)3)30(28,29)19-8-7-16(11-15(19)2)17-12-24-26(13-17)21(22)23/h4-8,11-13,21H,9-10H2,1-3H3. The lowest BCUT2D eigenvalue weighted by atomic mass is 10.1. The fourth-order valence-corrected chi connectivity index (χ4v) is 5.56. The van der Waals surface area contributed by atoms with Crippen molar-refractivity contribution in [2.24, 2.45) is 0 Å². The molecule has 0 saturated carbocycles. The molecule has 0 aliphatic carbocycles. The highest BCUT2D eigenvalue weighted by Crippen LogP contribution is 2.39. The van der Waals surface area contributed by atoms with Gasteiger partial charge in [0.25, 0.3) is 10.0 Å². The summed E-state index contributed by atoms with van der Waals surface area (Å²) in [4.78, 5) is 2.25. The molecular weight excluding hydrogens is 410 g/mol. The van der Waals surface area contributed by atoms with Gasteiger partial charge in [-0.05, 0) is 48.7 Å². The number of hydrogen-bond acceptors (Lipinski definition) is 4. The first-order valence-corrected chi connectivity index (χ1v) is 10.9. The molecule has 158 valence electrons. The first kappa shape index (κ1) is 20.3. The molecule has 2 aromatic carbocycles. The van der Waals surface area contributed by atoms with Crippen LogP contribution in [-0.4, -0.2) is 38.3 Å². The Morgan fingerprint density at radius 2 is 1.80 bits per heavy atom. The lowest BCUT2D eigenvalue weighted by Gasteiger charge is -2.37. The molecule has 0 atom stereocenters. The minimum Gasteiger partial charge on any atom is -0.371 e. The fourth-order valence-electron chi connectivity index (χ4n) is 3.82. The number of alkyl halides is 2. The largest absolute Gasteiger partial charge is 0.371 e. The number of sulfonamides is 1. The zero-order valence-corrected chi connectivity index (χ0v) is 17.7. The van der Waals surface area contributed by atoms with E-state index in [9.17, 15) is 17.2 Å². The summed E-state index contributed by atoms with van der Waals surface area (Å²) in [5.74, 6) is 0. The van der Waals surface area contributed by atoms with E-state index in [0.717, 1.165) is 11.3 Å². The summed E-state index contributed by atoms with van der Waals surface area (Å²) >= 11 is 0. The van der Waals surface area contributed by atoms with E-state index < -0.39 is 16.6 Å². The second kappa shape index (κ2) is 7.39. The Bertz CT molecular complexity index is 1210. The van der Waals surface area contributed by atoms with Crippen molar-refractivity contribution < 1.29 is 17.2 Å². The van der Waals surface area contributed by atoms with Crippen LogP contribution >= 0.6 is 0 Å². The number of benzene rings is 2. The van der Waals surface area contributed by atoms with Crippen LogP contribution in [0.1, 0.15) is 17.7 Å². The van der Waals surface area contributed by atoms with Gasteiger partial charge in [0.15, 0.2) is 0 Å². The first-order chi connectivity index (χ1) is 14.2. The van der Waals surface area contributed by atoms with Crippen LogP contribution in [0.2, 0.25) is 0 Å². The molecule has 3 aromatic rings.